The van der Waals surface area contributed by atoms with E-state index in [9.17, 15) is 14.7 Å². The van der Waals surface area contributed by atoms with E-state index in [4.69, 9.17) is 14.2 Å². The molecule has 7 nitrogen and oxygen atoms in total. The van der Waals surface area contributed by atoms with Crippen LogP contribution >= 0.6 is 0 Å². The second-order valence-electron chi connectivity index (χ2n) is 10.2. The minimum atomic E-state index is -0.791. The average Bonchev–Trinajstić information content (AvgIpc) is 3.17. The Hall–Kier alpha value is -4.26. The maximum Gasteiger partial charge on any atom is 0.295 e. The van der Waals surface area contributed by atoms with Crippen LogP contribution in [0.4, 0.5) is 0 Å². The molecule has 0 aromatic heterocycles. The summed E-state index contributed by atoms with van der Waals surface area (Å²) in [7, 11) is 1.59. The highest BCUT2D eigenvalue weighted by Gasteiger charge is 2.46. The first-order valence-corrected chi connectivity index (χ1v) is 13.1. The van der Waals surface area contributed by atoms with Crippen LogP contribution in [0.2, 0.25) is 0 Å². The van der Waals surface area contributed by atoms with Crippen LogP contribution in [-0.2, 0) is 16.1 Å². The lowest BCUT2D eigenvalue weighted by Gasteiger charge is -2.26. The summed E-state index contributed by atoms with van der Waals surface area (Å²) in [6.07, 6.45) is 0.00162. The molecule has 7 heteroatoms. The lowest BCUT2D eigenvalue weighted by Crippen LogP contribution is -2.29. The molecule has 1 atom stereocenters. The molecule has 0 bridgehead atoms. The van der Waals surface area contributed by atoms with Gasteiger partial charge in [-0.1, -0.05) is 50.2 Å². The molecule has 1 aliphatic heterocycles. The van der Waals surface area contributed by atoms with Gasteiger partial charge in [0.1, 0.15) is 23.0 Å². The summed E-state index contributed by atoms with van der Waals surface area (Å²) in [5.74, 6) is 0.621. The maximum atomic E-state index is 13.4. The molecular formula is C32H35NO6. The number of aliphatic hydroxyl groups excluding tert-OH is 1. The predicted octanol–water partition coefficient (Wildman–Crippen LogP) is 6.14. The molecule has 1 amide bonds. The molecule has 1 unspecified atom stereocenters. The fraction of sp³-hybridized carbons (Fsp3) is 0.312. The lowest BCUT2D eigenvalue weighted by molar-refractivity contribution is -0.140. The van der Waals surface area contributed by atoms with Crippen LogP contribution in [0.1, 0.15) is 50.4 Å². The van der Waals surface area contributed by atoms with E-state index in [0.717, 1.165) is 5.56 Å². The van der Waals surface area contributed by atoms with E-state index < -0.39 is 17.7 Å². The van der Waals surface area contributed by atoms with Crippen molar-refractivity contribution in [1.82, 2.24) is 4.90 Å². The molecule has 3 aromatic carbocycles. The molecule has 1 N–H and O–H groups in total. The van der Waals surface area contributed by atoms with Gasteiger partial charge in [-0.25, -0.2) is 0 Å². The van der Waals surface area contributed by atoms with Gasteiger partial charge in [0.15, 0.2) is 0 Å². The molecule has 1 aliphatic rings. The van der Waals surface area contributed by atoms with Crippen molar-refractivity contribution in [2.24, 2.45) is 5.92 Å². The molecule has 1 heterocycles. The first-order valence-electron chi connectivity index (χ1n) is 13.1. The van der Waals surface area contributed by atoms with Gasteiger partial charge >= 0.3 is 0 Å². The first kappa shape index (κ1) is 27.8. The van der Waals surface area contributed by atoms with Crippen LogP contribution in [0.5, 0.6) is 17.2 Å². The molecule has 0 radical (unpaired) electrons. The molecule has 0 spiro atoms. The molecule has 0 saturated carbocycles. The van der Waals surface area contributed by atoms with Crippen LogP contribution in [0.15, 0.2) is 78.4 Å². The van der Waals surface area contributed by atoms with Crippen LogP contribution in [0.25, 0.3) is 5.76 Å². The fourth-order valence-electron chi connectivity index (χ4n) is 4.47. The van der Waals surface area contributed by atoms with Gasteiger partial charge in [-0.2, -0.15) is 0 Å². The van der Waals surface area contributed by atoms with E-state index >= 15 is 0 Å². The third-order valence-electron chi connectivity index (χ3n) is 6.31. The van der Waals surface area contributed by atoms with E-state index in [0.29, 0.717) is 40.9 Å². The number of rotatable bonds is 10. The molecule has 39 heavy (non-hydrogen) atoms. The van der Waals surface area contributed by atoms with Gasteiger partial charge in [-0.15, -0.1) is 0 Å². The Bertz CT molecular complexity index is 1340. The molecule has 0 aliphatic carbocycles. The monoisotopic (exact) mass is 529 g/mol. The summed E-state index contributed by atoms with van der Waals surface area (Å²) in [6, 6.07) is 20.7. The number of hydrogen-bond acceptors (Lipinski definition) is 6. The SMILES string of the molecule is COc1ccc(CN2C(=O)C(=O)/C(=C(\O)c3cccc(OCC(C)C)c3)C2c2ccc(OC(C)C)cc2)cc1. The fourth-order valence-corrected chi connectivity index (χ4v) is 4.47. The average molecular weight is 530 g/mol. The third kappa shape index (κ3) is 6.42. The number of nitrogens with zero attached hydrogens (tertiary/aromatic N) is 1. The van der Waals surface area contributed by atoms with Gasteiger partial charge in [-0.05, 0) is 67.3 Å². The van der Waals surface area contributed by atoms with E-state index in [1.54, 1.807) is 31.4 Å². The smallest absolute Gasteiger partial charge is 0.295 e. The van der Waals surface area contributed by atoms with Crippen molar-refractivity contribution in [3.8, 4) is 17.2 Å². The molecule has 1 fully saturated rings. The highest BCUT2D eigenvalue weighted by Crippen LogP contribution is 2.41. The largest absolute Gasteiger partial charge is 0.507 e. The number of benzene rings is 3. The van der Waals surface area contributed by atoms with E-state index in [1.165, 1.54) is 4.90 Å². The van der Waals surface area contributed by atoms with Crippen molar-refractivity contribution in [2.75, 3.05) is 13.7 Å². The highest BCUT2D eigenvalue weighted by molar-refractivity contribution is 6.46. The van der Waals surface area contributed by atoms with Crippen molar-refractivity contribution >= 4 is 17.4 Å². The molecular weight excluding hydrogens is 494 g/mol. The van der Waals surface area contributed by atoms with Crippen molar-refractivity contribution in [3.63, 3.8) is 0 Å². The Morgan fingerprint density at radius 2 is 1.56 bits per heavy atom. The Morgan fingerprint density at radius 1 is 0.897 bits per heavy atom. The second kappa shape index (κ2) is 12.1. The van der Waals surface area contributed by atoms with Crippen LogP contribution < -0.4 is 14.2 Å². The summed E-state index contributed by atoms with van der Waals surface area (Å²) in [5.41, 5.74) is 1.95. The van der Waals surface area contributed by atoms with Crippen molar-refractivity contribution in [1.29, 1.82) is 0 Å². The van der Waals surface area contributed by atoms with Crippen LogP contribution in [0, 0.1) is 5.92 Å². The van der Waals surface area contributed by atoms with Gasteiger partial charge in [0.25, 0.3) is 11.7 Å². The summed E-state index contributed by atoms with van der Waals surface area (Å²) in [5, 5.41) is 11.5. The number of carbonyl (C=O) groups excluding carboxylic acids is 2. The van der Waals surface area contributed by atoms with E-state index in [-0.39, 0.29) is 24.0 Å². The minimum absolute atomic E-state index is 0.00162. The van der Waals surface area contributed by atoms with Gasteiger partial charge < -0.3 is 24.2 Å². The predicted molar refractivity (Wildman–Crippen MR) is 150 cm³/mol. The van der Waals surface area contributed by atoms with Crippen molar-refractivity contribution in [3.05, 3.63) is 95.1 Å². The zero-order valence-corrected chi connectivity index (χ0v) is 23.0. The Morgan fingerprint density at radius 3 is 2.18 bits per heavy atom. The summed E-state index contributed by atoms with van der Waals surface area (Å²) in [6.45, 7) is 8.67. The zero-order chi connectivity index (χ0) is 28.1. The molecule has 1 saturated heterocycles. The zero-order valence-electron chi connectivity index (χ0n) is 23.0. The topological polar surface area (TPSA) is 85.3 Å². The van der Waals surface area contributed by atoms with Gasteiger partial charge in [0.05, 0.1) is 31.4 Å². The Kier molecular flexibility index (Phi) is 8.59. The number of carbonyl (C=O) groups is 2. The number of likely N-dealkylation sites (tertiary alicyclic amines) is 1. The first-order chi connectivity index (χ1) is 18.7. The van der Waals surface area contributed by atoms with E-state index in [2.05, 4.69) is 0 Å². The number of ether oxygens (including phenoxy) is 3. The van der Waals surface area contributed by atoms with Gasteiger partial charge in [0, 0.05) is 12.1 Å². The Labute approximate surface area is 229 Å². The van der Waals surface area contributed by atoms with Crippen molar-refractivity contribution < 1.29 is 28.9 Å². The van der Waals surface area contributed by atoms with Gasteiger partial charge in [0.2, 0.25) is 0 Å². The van der Waals surface area contributed by atoms with E-state index in [1.807, 2.05) is 76.2 Å². The standard InChI is InChI=1S/C32H35NO6/c1-20(2)19-38-27-8-6-7-24(17-27)30(34)28-29(23-11-15-26(16-12-23)39-21(3)4)33(32(36)31(28)35)18-22-9-13-25(37-5)14-10-22/h6-17,20-21,29,34H,18-19H2,1-5H3/b30-28-. The number of aliphatic hydroxyl groups is 1. The molecule has 204 valence electrons. The van der Waals surface area contributed by atoms with Gasteiger partial charge in [-0.3, -0.25) is 9.59 Å². The normalized spacial score (nSPS) is 16.7. The maximum absolute atomic E-state index is 13.4. The molecule has 4 rings (SSSR count). The second-order valence-corrected chi connectivity index (χ2v) is 10.2. The molecule has 3 aromatic rings. The van der Waals surface area contributed by atoms with Crippen LogP contribution in [-0.4, -0.2) is 41.5 Å². The highest BCUT2D eigenvalue weighted by atomic mass is 16.5. The number of methoxy groups -OCH3 is 1. The summed E-state index contributed by atoms with van der Waals surface area (Å²) in [4.78, 5) is 28.3. The third-order valence-corrected chi connectivity index (χ3v) is 6.31. The number of hydrogen-bond donors (Lipinski definition) is 1. The number of amides is 1. The minimum Gasteiger partial charge on any atom is -0.507 e. The quantitative estimate of drug-likeness (QED) is 0.193. The number of Topliss-reactive ketones (excluding diaryl/α,β-unsaturated/α-hetero) is 1. The van der Waals surface area contributed by atoms with Crippen LogP contribution in [0.3, 0.4) is 0 Å². The Balaban J connectivity index is 1.77. The number of ketones is 1. The summed E-state index contributed by atoms with van der Waals surface area (Å²) >= 11 is 0. The summed E-state index contributed by atoms with van der Waals surface area (Å²) < 4.78 is 16.9. The van der Waals surface area contributed by atoms with Crippen molar-refractivity contribution in [2.45, 2.75) is 46.4 Å². The lowest BCUT2D eigenvalue weighted by atomic mass is 9.95.